The summed E-state index contributed by atoms with van der Waals surface area (Å²) in [6, 6.07) is 10.3. The molecule has 166 valence electrons. The van der Waals surface area contributed by atoms with E-state index in [1.165, 1.54) is 10.9 Å². The van der Waals surface area contributed by atoms with Crippen molar-refractivity contribution in [3.05, 3.63) is 65.1 Å². The minimum atomic E-state index is -0.666. The number of hydrogen-bond donors (Lipinski definition) is 3. The summed E-state index contributed by atoms with van der Waals surface area (Å²) < 4.78 is 1.38. The van der Waals surface area contributed by atoms with Gasteiger partial charge in [0.25, 0.3) is 11.8 Å². The van der Waals surface area contributed by atoms with E-state index in [-0.39, 0.29) is 17.6 Å². The van der Waals surface area contributed by atoms with E-state index in [0.29, 0.717) is 34.1 Å². The maximum absolute atomic E-state index is 13.6. The first-order valence-electron chi connectivity index (χ1n) is 10.2. The minimum Gasteiger partial charge on any atom is -0.315 e. The molecular formula is C22H23ClN6O3. The Bertz CT molecular complexity index is 1120. The van der Waals surface area contributed by atoms with Crippen molar-refractivity contribution in [1.82, 2.24) is 25.6 Å². The van der Waals surface area contributed by atoms with E-state index in [1.54, 1.807) is 60.0 Å². The van der Waals surface area contributed by atoms with Crippen molar-refractivity contribution in [2.24, 2.45) is 7.05 Å². The summed E-state index contributed by atoms with van der Waals surface area (Å²) in [4.78, 5) is 31.6. The number of nitrogens with zero attached hydrogens (tertiary/aromatic N) is 4. The normalized spacial score (nSPS) is 15.9. The summed E-state index contributed by atoms with van der Waals surface area (Å²) in [5, 5.41) is 16.9. The quantitative estimate of drug-likeness (QED) is 0.403. The average molecular weight is 455 g/mol. The zero-order chi connectivity index (χ0) is 22.7. The Hall–Kier alpha value is -3.27. The lowest BCUT2D eigenvalue weighted by atomic mass is 10.0. The van der Waals surface area contributed by atoms with Gasteiger partial charge in [0.05, 0.1) is 17.3 Å². The first kappa shape index (κ1) is 21.9. The lowest BCUT2D eigenvalue weighted by Gasteiger charge is -2.34. The molecule has 3 N–H and O–H groups in total. The van der Waals surface area contributed by atoms with E-state index in [9.17, 15) is 9.59 Å². The Kier molecular flexibility index (Phi) is 6.50. The van der Waals surface area contributed by atoms with Crippen LogP contribution in [-0.2, 0) is 7.05 Å². The second-order valence-corrected chi connectivity index (χ2v) is 7.94. The number of aromatic nitrogens is 3. The molecule has 0 aliphatic carbocycles. The molecule has 1 fully saturated rings. The lowest BCUT2D eigenvalue weighted by Crippen LogP contribution is -2.49. The van der Waals surface area contributed by atoms with Crippen molar-refractivity contribution in [3.8, 4) is 11.1 Å². The van der Waals surface area contributed by atoms with Crippen molar-refractivity contribution in [3.63, 3.8) is 0 Å². The number of piperidine rings is 1. The predicted octanol–water partition coefficient (Wildman–Crippen LogP) is 2.65. The highest BCUT2D eigenvalue weighted by Crippen LogP contribution is 2.29. The monoisotopic (exact) mass is 454 g/mol. The van der Waals surface area contributed by atoms with Crippen LogP contribution in [0, 0.1) is 0 Å². The van der Waals surface area contributed by atoms with Crippen LogP contribution >= 0.6 is 11.6 Å². The van der Waals surface area contributed by atoms with Crippen LogP contribution in [0.3, 0.4) is 0 Å². The molecule has 3 aromatic rings. The van der Waals surface area contributed by atoms with Gasteiger partial charge in [0.15, 0.2) is 5.82 Å². The Morgan fingerprint density at radius 2 is 2.06 bits per heavy atom. The molecule has 0 radical (unpaired) electrons. The fourth-order valence-electron chi connectivity index (χ4n) is 3.95. The fraction of sp³-hybridized carbons (Fsp3) is 0.273. The molecule has 0 saturated carbocycles. The summed E-state index contributed by atoms with van der Waals surface area (Å²) >= 11 is 6.39. The third-order valence-electron chi connectivity index (χ3n) is 5.52. The molecule has 3 heterocycles. The summed E-state index contributed by atoms with van der Waals surface area (Å²) in [6.07, 6.45) is 4.96. The van der Waals surface area contributed by atoms with Gasteiger partial charge in [-0.25, -0.2) is 10.5 Å². The van der Waals surface area contributed by atoms with Crippen LogP contribution < -0.4 is 15.7 Å². The van der Waals surface area contributed by atoms with Gasteiger partial charge >= 0.3 is 0 Å². The second kappa shape index (κ2) is 9.47. The molecule has 1 saturated heterocycles. The summed E-state index contributed by atoms with van der Waals surface area (Å²) in [5.41, 5.74) is 3.55. The van der Waals surface area contributed by atoms with Gasteiger partial charge < -0.3 is 5.32 Å². The van der Waals surface area contributed by atoms with E-state index in [1.807, 2.05) is 0 Å². The summed E-state index contributed by atoms with van der Waals surface area (Å²) in [6.45, 7) is 1.57. The summed E-state index contributed by atoms with van der Waals surface area (Å²) in [5.74, 6) is -0.433. The first-order valence-corrected chi connectivity index (χ1v) is 10.6. The van der Waals surface area contributed by atoms with Gasteiger partial charge in [-0.3, -0.25) is 24.4 Å². The van der Waals surface area contributed by atoms with Gasteiger partial charge in [0.2, 0.25) is 0 Å². The SMILES string of the molecule is Cn1ncc(-c2ccc(C(=O)N(c3ncccc3Cl)C3CCCNC3)cc2)c1C(=O)NO. The molecule has 1 unspecified atom stereocenters. The number of halogens is 1. The third kappa shape index (κ3) is 4.22. The smallest absolute Gasteiger partial charge is 0.293 e. The van der Waals surface area contributed by atoms with E-state index >= 15 is 0 Å². The molecule has 1 aliphatic heterocycles. The van der Waals surface area contributed by atoms with Crippen molar-refractivity contribution >= 4 is 29.2 Å². The predicted molar refractivity (Wildman–Crippen MR) is 120 cm³/mol. The highest BCUT2D eigenvalue weighted by atomic mass is 35.5. The highest BCUT2D eigenvalue weighted by molar-refractivity contribution is 6.33. The zero-order valence-electron chi connectivity index (χ0n) is 17.5. The van der Waals surface area contributed by atoms with E-state index < -0.39 is 5.91 Å². The van der Waals surface area contributed by atoms with Crippen molar-refractivity contribution in [2.45, 2.75) is 18.9 Å². The number of nitrogens with one attached hydrogen (secondary N) is 2. The zero-order valence-corrected chi connectivity index (χ0v) is 18.2. The minimum absolute atomic E-state index is 0.0681. The number of carbonyl (C=O) groups is 2. The van der Waals surface area contributed by atoms with Crippen molar-refractivity contribution in [1.29, 1.82) is 0 Å². The molecule has 9 nitrogen and oxygen atoms in total. The maximum atomic E-state index is 13.6. The third-order valence-corrected chi connectivity index (χ3v) is 5.82. The van der Waals surface area contributed by atoms with Crippen LogP contribution in [-0.4, -0.2) is 50.9 Å². The summed E-state index contributed by atoms with van der Waals surface area (Å²) in [7, 11) is 1.61. The molecule has 4 rings (SSSR count). The number of carbonyl (C=O) groups excluding carboxylic acids is 2. The van der Waals surface area contributed by atoms with Gasteiger partial charge in [-0.05, 0) is 49.2 Å². The van der Waals surface area contributed by atoms with Crippen LogP contribution in [0.4, 0.5) is 5.82 Å². The molecular weight excluding hydrogens is 432 g/mol. The lowest BCUT2D eigenvalue weighted by molar-refractivity contribution is 0.0696. The van der Waals surface area contributed by atoms with Crippen LogP contribution in [0.15, 0.2) is 48.8 Å². The number of aryl methyl sites for hydroxylation is 1. The maximum Gasteiger partial charge on any atom is 0.293 e. The Morgan fingerprint density at radius 1 is 1.28 bits per heavy atom. The molecule has 2 aromatic heterocycles. The average Bonchev–Trinajstić information content (AvgIpc) is 3.22. The van der Waals surface area contributed by atoms with Crippen LogP contribution in [0.2, 0.25) is 5.02 Å². The largest absolute Gasteiger partial charge is 0.315 e. The number of amides is 2. The molecule has 1 atom stereocenters. The molecule has 0 spiro atoms. The van der Waals surface area contributed by atoms with Gasteiger partial charge in [-0.1, -0.05) is 23.7 Å². The topological polar surface area (TPSA) is 112 Å². The van der Waals surface area contributed by atoms with E-state index in [2.05, 4.69) is 15.4 Å². The second-order valence-electron chi connectivity index (χ2n) is 7.53. The number of rotatable bonds is 5. The number of hydrogen-bond acceptors (Lipinski definition) is 6. The van der Waals surface area contributed by atoms with E-state index in [4.69, 9.17) is 16.8 Å². The van der Waals surface area contributed by atoms with E-state index in [0.717, 1.165) is 19.4 Å². The van der Waals surface area contributed by atoms with Crippen LogP contribution in [0.1, 0.15) is 33.7 Å². The molecule has 32 heavy (non-hydrogen) atoms. The van der Waals surface area contributed by atoms with Crippen LogP contribution in [0.25, 0.3) is 11.1 Å². The van der Waals surface area contributed by atoms with Crippen molar-refractivity contribution in [2.75, 3.05) is 18.0 Å². The van der Waals surface area contributed by atoms with Crippen molar-refractivity contribution < 1.29 is 14.8 Å². The van der Waals surface area contributed by atoms with Gasteiger partial charge in [-0.2, -0.15) is 5.10 Å². The number of pyridine rings is 1. The molecule has 1 aromatic carbocycles. The van der Waals surface area contributed by atoms with Gasteiger partial charge in [0.1, 0.15) is 5.69 Å². The Morgan fingerprint density at radius 3 is 2.72 bits per heavy atom. The Balaban J connectivity index is 1.67. The standard InChI is InChI=1S/C22H23ClN6O3/c1-28-19(21(30)27-32)17(13-26-28)14-6-8-15(9-7-14)22(31)29(16-4-2-10-24-12-16)20-18(23)5-3-11-25-20/h3,5-9,11,13,16,24,32H,2,4,10,12H2,1H3,(H,27,30). The number of anilines is 1. The molecule has 10 heteroatoms. The number of hydroxylamine groups is 1. The van der Waals surface area contributed by atoms with Gasteiger partial charge in [-0.15, -0.1) is 0 Å². The first-order chi connectivity index (χ1) is 15.5. The molecule has 0 bridgehead atoms. The van der Waals surface area contributed by atoms with Gasteiger partial charge in [0, 0.05) is 30.9 Å². The molecule has 1 aliphatic rings. The highest BCUT2D eigenvalue weighted by Gasteiger charge is 2.30. The van der Waals surface area contributed by atoms with Crippen LogP contribution in [0.5, 0.6) is 0 Å². The molecule has 2 amide bonds. The Labute approximate surface area is 190 Å². The number of benzene rings is 1. The fourth-order valence-corrected chi connectivity index (χ4v) is 4.16.